The minimum absolute atomic E-state index is 0.0390. The van der Waals surface area contributed by atoms with Crippen molar-refractivity contribution in [3.63, 3.8) is 0 Å². The number of sulfonamides is 1. The van der Waals surface area contributed by atoms with Gasteiger partial charge in [-0.2, -0.15) is 0 Å². The van der Waals surface area contributed by atoms with Gasteiger partial charge in [0.05, 0.1) is 9.82 Å². The minimum atomic E-state index is -3.90. The number of benzene rings is 2. The van der Waals surface area contributed by atoms with Gasteiger partial charge in [-0.1, -0.05) is 6.07 Å². The molecule has 1 aliphatic rings. The summed E-state index contributed by atoms with van der Waals surface area (Å²) in [4.78, 5) is 24.0. The molecule has 0 bridgehead atoms. The van der Waals surface area contributed by atoms with Gasteiger partial charge >= 0.3 is 0 Å². The molecule has 1 amide bonds. The second kappa shape index (κ2) is 9.14. The fourth-order valence-corrected chi connectivity index (χ4v) is 4.47. The highest BCUT2D eigenvalue weighted by atomic mass is 32.2. The summed E-state index contributed by atoms with van der Waals surface area (Å²) >= 11 is 0. The number of carbonyl (C=O) groups excluding carboxylic acids is 1. The third-order valence-corrected chi connectivity index (χ3v) is 6.20. The first-order chi connectivity index (χ1) is 14.2. The van der Waals surface area contributed by atoms with Crippen LogP contribution < -0.4 is 4.72 Å². The number of nitrogens with one attached hydrogen (secondary N) is 1. The molecule has 0 radical (unpaired) electrons. The maximum Gasteiger partial charge on any atom is 0.269 e. The number of amides is 1. The molecule has 0 saturated carbocycles. The Kier molecular flexibility index (Phi) is 6.58. The molecule has 1 heterocycles. The van der Waals surface area contributed by atoms with Gasteiger partial charge in [0.1, 0.15) is 5.82 Å². The average Bonchev–Trinajstić information content (AvgIpc) is 2.72. The number of piperidine rings is 1. The van der Waals surface area contributed by atoms with Crippen LogP contribution >= 0.6 is 0 Å². The Morgan fingerprint density at radius 2 is 1.97 bits per heavy atom. The summed E-state index contributed by atoms with van der Waals surface area (Å²) in [6.07, 6.45) is 4.08. The molecule has 10 heteroatoms. The monoisotopic (exact) mass is 433 g/mol. The third-order valence-electron chi connectivity index (χ3n) is 4.68. The summed E-state index contributed by atoms with van der Waals surface area (Å²) in [5, 5.41) is 10.7. The van der Waals surface area contributed by atoms with Crippen LogP contribution in [0.1, 0.15) is 18.4 Å². The van der Waals surface area contributed by atoms with Crippen molar-refractivity contribution in [2.75, 3.05) is 13.1 Å². The van der Waals surface area contributed by atoms with Crippen LogP contribution in [0.25, 0.3) is 6.08 Å². The summed E-state index contributed by atoms with van der Waals surface area (Å²) in [6, 6.07) is 10.0. The van der Waals surface area contributed by atoms with Crippen molar-refractivity contribution in [3.8, 4) is 0 Å². The maximum absolute atomic E-state index is 13.3. The van der Waals surface area contributed by atoms with Crippen molar-refractivity contribution in [1.29, 1.82) is 0 Å². The molecule has 1 N–H and O–H groups in total. The van der Waals surface area contributed by atoms with Crippen molar-refractivity contribution < 1.29 is 22.5 Å². The van der Waals surface area contributed by atoms with Crippen molar-refractivity contribution in [1.82, 2.24) is 9.62 Å². The van der Waals surface area contributed by atoms with E-state index in [1.165, 1.54) is 47.4 Å². The first-order valence-corrected chi connectivity index (χ1v) is 10.7. The summed E-state index contributed by atoms with van der Waals surface area (Å²) in [5.74, 6) is -0.933. The second-order valence-electron chi connectivity index (χ2n) is 6.88. The molecule has 0 aromatic heterocycles. The Balaban J connectivity index is 1.62. The van der Waals surface area contributed by atoms with Crippen LogP contribution in [0.2, 0.25) is 0 Å². The Hall–Kier alpha value is -3.11. The van der Waals surface area contributed by atoms with Crippen LogP contribution in [-0.2, 0) is 14.8 Å². The number of non-ortho nitro benzene ring substituents is 1. The molecule has 1 aliphatic heterocycles. The largest absolute Gasteiger partial charge is 0.338 e. The van der Waals surface area contributed by atoms with Crippen LogP contribution in [0.3, 0.4) is 0 Å². The predicted molar refractivity (Wildman–Crippen MR) is 108 cm³/mol. The first kappa shape index (κ1) is 21.6. The van der Waals surface area contributed by atoms with Gasteiger partial charge in [-0.15, -0.1) is 0 Å². The van der Waals surface area contributed by atoms with Crippen LogP contribution in [0.15, 0.2) is 59.5 Å². The number of nitro benzene ring substituents is 1. The molecule has 0 aliphatic carbocycles. The molecule has 2 aromatic rings. The summed E-state index contributed by atoms with van der Waals surface area (Å²) in [6.45, 7) is 0.680. The van der Waals surface area contributed by atoms with E-state index in [-0.39, 0.29) is 23.0 Å². The minimum Gasteiger partial charge on any atom is -0.338 e. The molecule has 8 nitrogen and oxygen atoms in total. The van der Waals surface area contributed by atoms with E-state index in [1.54, 1.807) is 6.08 Å². The topological polar surface area (TPSA) is 110 Å². The van der Waals surface area contributed by atoms with Gasteiger partial charge in [-0.3, -0.25) is 14.9 Å². The zero-order valence-corrected chi connectivity index (χ0v) is 16.7. The Bertz CT molecular complexity index is 1070. The lowest BCUT2D eigenvalue weighted by atomic mass is 10.1. The predicted octanol–water partition coefficient (Wildman–Crippen LogP) is 2.72. The molecule has 1 atom stereocenters. The van der Waals surface area contributed by atoms with E-state index in [0.29, 0.717) is 24.9 Å². The fourth-order valence-electron chi connectivity index (χ4n) is 3.18. The van der Waals surface area contributed by atoms with Gasteiger partial charge in [0.25, 0.3) is 5.69 Å². The van der Waals surface area contributed by atoms with E-state index in [4.69, 9.17) is 0 Å². The second-order valence-corrected chi connectivity index (χ2v) is 8.60. The van der Waals surface area contributed by atoms with Crippen molar-refractivity contribution in [3.05, 3.63) is 76.1 Å². The third kappa shape index (κ3) is 5.49. The molecule has 3 rings (SSSR count). The zero-order valence-electron chi connectivity index (χ0n) is 15.9. The standard InChI is InChI=1S/C20H20FN3O5S/c21-16-3-1-5-19(13-16)30(28,29)22-17-4-2-12-23(14-17)20(25)11-8-15-6-9-18(10-7-15)24(26)27/h1,3,5-11,13,17,22H,2,4,12,14H2/b11-8+. The molecule has 158 valence electrons. The first-order valence-electron chi connectivity index (χ1n) is 9.24. The number of hydrogen-bond donors (Lipinski definition) is 1. The molecule has 1 saturated heterocycles. The zero-order chi connectivity index (χ0) is 21.7. The molecule has 0 spiro atoms. The van der Waals surface area contributed by atoms with Crippen molar-refractivity contribution in [2.24, 2.45) is 0 Å². The number of halogens is 1. The maximum atomic E-state index is 13.3. The Labute approximate surface area is 173 Å². The van der Waals surface area contributed by atoms with Crippen LogP contribution in [-0.4, -0.2) is 43.3 Å². The quantitative estimate of drug-likeness (QED) is 0.428. The SMILES string of the molecule is O=C(/C=C/c1ccc([N+](=O)[O-])cc1)N1CCCC(NS(=O)(=O)c2cccc(F)c2)C1. The molecular formula is C20H20FN3O5S. The molecule has 1 unspecified atom stereocenters. The van der Waals surface area contributed by atoms with E-state index in [1.807, 2.05) is 0 Å². The highest BCUT2D eigenvalue weighted by Crippen LogP contribution is 2.17. The highest BCUT2D eigenvalue weighted by Gasteiger charge is 2.27. The lowest BCUT2D eigenvalue weighted by Crippen LogP contribution is -2.49. The Morgan fingerprint density at radius 3 is 2.63 bits per heavy atom. The lowest BCUT2D eigenvalue weighted by molar-refractivity contribution is -0.384. The number of carbonyl (C=O) groups is 1. The smallest absolute Gasteiger partial charge is 0.269 e. The number of nitrogens with zero attached hydrogens (tertiary/aromatic N) is 2. The van der Waals surface area contributed by atoms with E-state index >= 15 is 0 Å². The summed E-state index contributed by atoms with van der Waals surface area (Å²) < 4.78 is 40.8. The number of rotatable bonds is 6. The van der Waals surface area contributed by atoms with Gasteiger partial charge in [0.15, 0.2) is 0 Å². The van der Waals surface area contributed by atoms with Crippen molar-refractivity contribution >= 4 is 27.7 Å². The number of likely N-dealkylation sites (tertiary alicyclic amines) is 1. The lowest BCUT2D eigenvalue weighted by Gasteiger charge is -2.32. The van der Waals surface area contributed by atoms with E-state index in [0.717, 1.165) is 12.1 Å². The Morgan fingerprint density at radius 1 is 1.23 bits per heavy atom. The van der Waals surface area contributed by atoms with Gasteiger partial charge in [0.2, 0.25) is 15.9 Å². The van der Waals surface area contributed by atoms with Crippen LogP contribution in [0, 0.1) is 15.9 Å². The van der Waals surface area contributed by atoms with Gasteiger partial charge < -0.3 is 4.90 Å². The van der Waals surface area contributed by atoms with E-state index in [9.17, 15) is 27.7 Å². The van der Waals surface area contributed by atoms with Gasteiger partial charge in [0, 0.05) is 37.3 Å². The van der Waals surface area contributed by atoms with Crippen molar-refractivity contribution in [2.45, 2.75) is 23.8 Å². The van der Waals surface area contributed by atoms with Crippen LogP contribution in [0.5, 0.6) is 0 Å². The number of hydrogen-bond acceptors (Lipinski definition) is 5. The molecule has 2 aromatic carbocycles. The van der Waals surface area contributed by atoms with E-state index < -0.39 is 26.8 Å². The number of nitro groups is 1. The average molecular weight is 433 g/mol. The normalized spacial score (nSPS) is 17.2. The highest BCUT2D eigenvalue weighted by molar-refractivity contribution is 7.89. The van der Waals surface area contributed by atoms with Gasteiger partial charge in [-0.05, 0) is 54.8 Å². The van der Waals surface area contributed by atoms with Gasteiger partial charge in [-0.25, -0.2) is 17.5 Å². The molecular weight excluding hydrogens is 413 g/mol. The van der Waals surface area contributed by atoms with Crippen LogP contribution in [0.4, 0.5) is 10.1 Å². The summed E-state index contributed by atoms with van der Waals surface area (Å²) in [5.41, 5.74) is 0.595. The van der Waals surface area contributed by atoms with E-state index in [2.05, 4.69) is 4.72 Å². The fraction of sp³-hybridized carbons (Fsp3) is 0.250. The molecule has 1 fully saturated rings. The molecule has 30 heavy (non-hydrogen) atoms. The summed E-state index contributed by atoms with van der Waals surface area (Å²) in [7, 11) is -3.90.